The third-order valence-electron chi connectivity index (χ3n) is 2.60. The number of amides is 1. The van der Waals surface area contributed by atoms with E-state index in [4.69, 9.17) is 0 Å². The van der Waals surface area contributed by atoms with Crippen molar-refractivity contribution in [2.75, 3.05) is 0 Å². The van der Waals surface area contributed by atoms with Crippen LogP contribution in [0.4, 0.5) is 13.2 Å². The lowest BCUT2D eigenvalue weighted by atomic mass is 10.3. The number of aryl methyl sites for hydroxylation is 2. The van der Waals surface area contributed by atoms with Crippen LogP contribution < -0.4 is 5.32 Å². The topological polar surface area (TPSA) is 59.8 Å². The van der Waals surface area contributed by atoms with Gasteiger partial charge in [-0.15, -0.1) is 11.3 Å². The molecule has 0 bridgehead atoms. The van der Waals surface area contributed by atoms with Crippen LogP contribution in [0.2, 0.25) is 0 Å². The maximum absolute atomic E-state index is 12.5. The molecule has 0 aliphatic heterocycles. The summed E-state index contributed by atoms with van der Waals surface area (Å²) in [6, 6.07) is 1.71. The molecule has 0 spiro atoms. The summed E-state index contributed by atoms with van der Waals surface area (Å²) in [5, 5.41) is 5.47. The number of aromatic nitrogens is 3. The minimum Gasteiger partial charge on any atom is -0.346 e. The Kier molecular flexibility index (Phi) is 3.80. The van der Waals surface area contributed by atoms with Crippen LogP contribution in [0.3, 0.4) is 0 Å². The van der Waals surface area contributed by atoms with Gasteiger partial charge in [0.15, 0.2) is 5.01 Å². The summed E-state index contributed by atoms with van der Waals surface area (Å²) in [5.41, 5.74) is 0.821. The van der Waals surface area contributed by atoms with Gasteiger partial charge in [-0.25, -0.2) is 4.98 Å². The number of nitrogens with zero attached hydrogens (tertiary/aromatic N) is 3. The zero-order chi connectivity index (χ0) is 14.9. The van der Waals surface area contributed by atoms with Crippen molar-refractivity contribution in [1.29, 1.82) is 0 Å². The molecule has 0 fully saturated rings. The van der Waals surface area contributed by atoms with Gasteiger partial charge in [0, 0.05) is 13.2 Å². The van der Waals surface area contributed by atoms with Gasteiger partial charge in [-0.3, -0.25) is 9.48 Å². The van der Waals surface area contributed by atoms with E-state index in [1.165, 1.54) is 6.92 Å². The van der Waals surface area contributed by atoms with Gasteiger partial charge in [0.25, 0.3) is 5.91 Å². The van der Waals surface area contributed by atoms with Crippen molar-refractivity contribution in [3.8, 4) is 0 Å². The van der Waals surface area contributed by atoms with Crippen molar-refractivity contribution >= 4 is 17.2 Å². The molecule has 0 atom stereocenters. The fourth-order valence-corrected chi connectivity index (χ4v) is 2.40. The number of thiazole rings is 1. The van der Waals surface area contributed by atoms with E-state index < -0.39 is 17.1 Å². The first-order chi connectivity index (χ1) is 9.29. The zero-order valence-electron chi connectivity index (χ0n) is 10.7. The fourth-order valence-electron chi connectivity index (χ4n) is 1.55. The summed E-state index contributed by atoms with van der Waals surface area (Å²) < 4.78 is 39.1. The van der Waals surface area contributed by atoms with Crippen LogP contribution in [0, 0.1) is 6.92 Å². The van der Waals surface area contributed by atoms with Crippen molar-refractivity contribution in [2.24, 2.45) is 7.05 Å². The average molecular weight is 304 g/mol. The Bertz CT molecular complexity index is 632. The molecule has 5 nitrogen and oxygen atoms in total. The number of rotatable bonds is 3. The molecule has 2 aromatic rings. The number of carbonyl (C=O) groups is 1. The maximum Gasteiger partial charge on any atom is 0.443 e. The molecule has 2 aromatic heterocycles. The standard InChI is InChI=1S/C11H11F3N4OS/c1-6-8(20-10(17-6)11(12,13)14)9(19)15-5-7-3-4-16-18(7)2/h3-4H,5H2,1-2H3,(H,15,19). The number of halogens is 3. The highest BCUT2D eigenvalue weighted by Gasteiger charge is 2.36. The van der Waals surface area contributed by atoms with Crippen LogP contribution in [0.25, 0.3) is 0 Å². The zero-order valence-corrected chi connectivity index (χ0v) is 11.5. The van der Waals surface area contributed by atoms with Crippen molar-refractivity contribution in [3.63, 3.8) is 0 Å². The predicted octanol–water partition coefficient (Wildman–Crippen LogP) is 2.13. The molecule has 0 aliphatic rings. The van der Waals surface area contributed by atoms with Crippen LogP contribution in [-0.4, -0.2) is 20.7 Å². The molecule has 2 heterocycles. The number of alkyl halides is 3. The third-order valence-corrected chi connectivity index (χ3v) is 3.80. The highest BCUT2D eigenvalue weighted by molar-refractivity contribution is 7.13. The first-order valence-electron chi connectivity index (χ1n) is 5.58. The van der Waals surface area contributed by atoms with Crippen molar-refractivity contribution in [1.82, 2.24) is 20.1 Å². The van der Waals surface area contributed by atoms with E-state index in [2.05, 4.69) is 15.4 Å². The van der Waals surface area contributed by atoms with Gasteiger partial charge in [0.1, 0.15) is 4.88 Å². The van der Waals surface area contributed by atoms with E-state index >= 15 is 0 Å². The van der Waals surface area contributed by atoms with E-state index in [1.807, 2.05) is 0 Å². The second kappa shape index (κ2) is 5.23. The monoisotopic (exact) mass is 304 g/mol. The molecule has 9 heteroatoms. The fraction of sp³-hybridized carbons (Fsp3) is 0.364. The summed E-state index contributed by atoms with van der Waals surface area (Å²) in [7, 11) is 1.71. The quantitative estimate of drug-likeness (QED) is 0.945. The molecule has 0 radical (unpaired) electrons. The van der Waals surface area contributed by atoms with Crippen molar-refractivity contribution in [3.05, 3.63) is 33.5 Å². The Morgan fingerprint density at radius 1 is 1.50 bits per heavy atom. The minimum atomic E-state index is -4.53. The van der Waals surface area contributed by atoms with Gasteiger partial charge >= 0.3 is 6.18 Å². The lowest BCUT2D eigenvalue weighted by Crippen LogP contribution is -2.23. The van der Waals surface area contributed by atoms with Gasteiger partial charge < -0.3 is 5.32 Å². The van der Waals surface area contributed by atoms with Crippen LogP contribution in [0.15, 0.2) is 12.3 Å². The molecule has 0 aromatic carbocycles. The molecular weight excluding hydrogens is 293 g/mol. The number of carbonyl (C=O) groups excluding carboxylic acids is 1. The second-order valence-electron chi connectivity index (χ2n) is 4.06. The lowest BCUT2D eigenvalue weighted by molar-refractivity contribution is -0.137. The van der Waals surface area contributed by atoms with Crippen LogP contribution >= 0.6 is 11.3 Å². The van der Waals surface area contributed by atoms with Crippen LogP contribution in [-0.2, 0) is 19.8 Å². The van der Waals surface area contributed by atoms with Gasteiger partial charge in [-0.1, -0.05) is 0 Å². The number of nitrogens with one attached hydrogen (secondary N) is 1. The number of hydrogen-bond donors (Lipinski definition) is 1. The lowest BCUT2D eigenvalue weighted by Gasteiger charge is -2.04. The molecule has 0 saturated heterocycles. The first-order valence-corrected chi connectivity index (χ1v) is 6.40. The molecule has 0 aliphatic carbocycles. The largest absolute Gasteiger partial charge is 0.443 e. The van der Waals surface area contributed by atoms with Gasteiger partial charge in [-0.2, -0.15) is 18.3 Å². The van der Waals surface area contributed by atoms with E-state index in [0.29, 0.717) is 11.3 Å². The van der Waals surface area contributed by atoms with Gasteiger partial charge in [-0.05, 0) is 13.0 Å². The Morgan fingerprint density at radius 3 is 2.70 bits per heavy atom. The van der Waals surface area contributed by atoms with Crippen LogP contribution in [0.5, 0.6) is 0 Å². The first kappa shape index (κ1) is 14.5. The summed E-state index contributed by atoms with van der Waals surface area (Å²) in [5.74, 6) is -0.572. The minimum absolute atomic E-state index is 0.0282. The predicted molar refractivity (Wildman–Crippen MR) is 66.2 cm³/mol. The maximum atomic E-state index is 12.5. The second-order valence-corrected chi connectivity index (χ2v) is 5.06. The van der Waals surface area contributed by atoms with Gasteiger partial charge in [0.05, 0.1) is 17.9 Å². The Balaban J connectivity index is 2.10. The molecule has 0 saturated carbocycles. The Hall–Kier alpha value is -1.90. The highest BCUT2D eigenvalue weighted by Crippen LogP contribution is 2.33. The van der Waals surface area contributed by atoms with E-state index in [9.17, 15) is 18.0 Å². The molecule has 1 amide bonds. The van der Waals surface area contributed by atoms with E-state index in [1.54, 1.807) is 24.0 Å². The normalized spacial score (nSPS) is 11.7. The van der Waals surface area contributed by atoms with E-state index in [-0.39, 0.29) is 17.1 Å². The molecule has 2 rings (SSSR count). The molecular formula is C11H11F3N4OS. The van der Waals surface area contributed by atoms with Crippen LogP contribution in [0.1, 0.15) is 26.1 Å². The number of hydrogen-bond acceptors (Lipinski definition) is 4. The summed E-state index contributed by atoms with van der Waals surface area (Å²) in [4.78, 5) is 15.2. The summed E-state index contributed by atoms with van der Waals surface area (Å²) in [6.07, 6.45) is -2.96. The summed E-state index contributed by atoms with van der Waals surface area (Å²) in [6.45, 7) is 1.57. The smallest absolute Gasteiger partial charge is 0.346 e. The van der Waals surface area contributed by atoms with Crippen molar-refractivity contribution in [2.45, 2.75) is 19.6 Å². The Morgan fingerprint density at radius 2 is 2.20 bits per heavy atom. The highest BCUT2D eigenvalue weighted by atomic mass is 32.1. The van der Waals surface area contributed by atoms with E-state index in [0.717, 1.165) is 5.69 Å². The SMILES string of the molecule is Cc1nc(C(F)(F)F)sc1C(=O)NCc1ccnn1C. The molecule has 0 unspecified atom stereocenters. The third kappa shape index (κ3) is 2.98. The van der Waals surface area contributed by atoms with Gasteiger partial charge in [0.2, 0.25) is 0 Å². The molecule has 108 valence electrons. The average Bonchev–Trinajstić information content (AvgIpc) is 2.92. The molecule has 20 heavy (non-hydrogen) atoms. The van der Waals surface area contributed by atoms with Crippen molar-refractivity contribution < 1.29 is 18.0 Å². The molecule has 1 N–H and O–H groups in total. The Labute approximate surface area is 116 Å². The summed E-state index contributed by atoms with van der Waals surface area (Å²) >= 11 is 0.345.